The quantitative estimate of drug-likeness (QED) is 0.0288. The van der Waals surface area contributed by atoms with E-state index in [1.807, 2.05) is 0 Å². The molecule has 0 atom stereocenters. The summed E-state index contributed by atoms with van der Waals surface area (Å²) in [5.41, 5.74) is 8.11. The molecule has 3 aromatic carbocycles. The van der Waals surface area contributed by atoms with Gasteiger partial charge in [0.2, 0.25) is 0 Å². The zero-order chi connectivity index (χ0) is 66.3. The van der Waals surface area contributed by atoms with Gasteiger partial charge in [0.15, 0.2) is 0 Å². The van der Waals surface area contributed by atoms with E-state index in [-0.39, 0.29) is 41.6 Å². The summed E-state index contributed by atoms with van der Waals surface area (Å²) in [6, 6.07) is 4.56. The van der Waals surface area contributed by atoms with Crippen LogP contribution >= 0.6 is 31.9 Å². The van der Waals surface area contributed by atoms with Crippen molar-refractivity contribution in [2.24, 2.45) is 0 Å². The summed E-state index contributed by atoms with van der Waals surface area (Å²) in [6.45, 7) is 9.21. The van der Waals surface area contributed by atoms with E-state index in [0.29, 0.717) is 22.3 Å². The molecule has 4 nitrogen and oxygen atoms in total. The molecule has 530 valence electrons. The number of fused-ring (bicyclic) bond motifs is 10. The van der Waals surface area contributed by atoms with Crippen molar-refractivity contribution in [3.63, 3.8) is 0 Å². The van der Waals surface area contributed by atoms with Gasteiger partial charge in [-0.15, -0.1) is 0 Å². The van der Waals surface area contributed by atoms with Gasteiger partial charge in [-0.25, -0.2) is 0 Å². The first-order valence-corrected chi connectivity index (χ1v) is 45.4. The van der Waals surface area contributed by atoms with Gasteiger partial charge in [-0.3, -0.25) is 0 Å². The molecule has 94 heavy (non-hydrogen) atoms. The summed E-state index contributed by atoms with van der Waals surface area (Å²) in [5.74, 6) is -0.347. The van der Waals surface area contributed by atoms with Crippen LogP contribution in [0.4, 0.5) is 8.78 Å². The van der Waals surface area contributed by atoms with Crippen LogP contribution in [0.1, 0.15) is 435 Å². The Morgan fingerprint density at radius 1 is 0.266 bits per heavy atom. The van der Waals surface area contributed by atoms with Crippen LogP contribution in [-0.2, 0) is 10.8 Å². The summed E-state index contributed by atoms with van der Waals surface area (Å²) < 4.78 is 62.4. The van der Waals surface area contributed by atoms with Crippen LogP contribution in [-0.4, -0.2) is 45.8 Å². The minimum absolute atomic E-state index is 0.173. The number of rotatable bonds is 60. The van der Waals surface area contributed by atoms with Crippen LogP contribution in [0, 0.1) is 11.6 Å². The molecule has 7 rings (SSSR count). The molecular weight excluding hydrogens is 1420 g/mol. The molecule has 0 amide bonds. The third-order valence-corrected chi connectivity index (χ3v) is 26.1. The Balaban J connectivity index is 1.18. The fraction of sp³-hybridized carbons (Fsp3) is 0.786. The van der Waals surface area contributed by atoms with Gasteiger partial charge in [0.05, 0.1) is 0 Å². The fourth-order valence-electron chi connectivity index (χ4n) is 17.2. The molecule has 0 unspecified atom stereocenters. The SMILES string of the molecule is CCCCCCCCCCCCCCCCC1(CCCCCCCCCCCCCCCC)c2cc(Br)c3n[se]nc3c2-c2c(F)c3c(c(F)c21)-c1c(cc(Br)c2n[se]nc12)C3(CCCCCCCCCCCCCCCC)CCCCCCCCCCCCCCCC. The maximum absolute atomic E-state index is 20.0. The molecule has 0 saturated heterocycles. The van der Waals surface area contributed by atoms with E-state index in [1.165, 1.54) is 308 Å². The Morgan fingerprint density at radius 2 is 0.447 bits per heavy atom. The van der Waals surface area contributed by atoms with Crippen LogP contribution < -0.4 is 0 Å². The molecular formula is C84H134Br2F2N4Se2. The van der Waals surface area contributed by atoms with Crippen molar-refractivity contribution in [2.45, 2.75) is 424 Å². The van der Waals surface area contributed by atoms with Gasteiger partial charge in [0.1, 0.15) is 0 Å². The van der Waals surface area contributed by atoms with Crippen LogP contribution in [0.15, 0.2) is 21.1 Å². The molecule has 2 aromatic heterocycles. The molecule has 5 aromatic rings. The first-order valence-electron chi connectivity index (χ1n) is 40.8. The molecule has 2 heterocycles. The van der Waals surface area contributed by atoms with Crippen molar-refractivity contribution >= 4 is 83.9 Å². The topological polar surface area (TPSA) is 51.6 Å². The summed E-state index contributed by atoms with van der Waals surface area (Å²) in [6.07, 6.45) is 75.8. The number of benzene rings is 3. The smallest absolute Gasteiger partial charge is 0.0654 e. The molecule has 2 aliphatic rings. The fourth-order valence-corrected chi connectivity index (χ4v) is 21.1. The molecule has 0 fully saturated rings. The Kier molecular flexibility index (Phi) is 40.0. The van der Waals surface area contributed by atoms with Gasteiger partial charge in [-0.1, -0.05) is 233 Å². The minimum Gasteiger partial charge on any atom is -0.0654 e. The number of hydrogen-bond donors (Lipinski definition) is 0. The van der Waals surface area contributed by atoms with Crippen LogP contribution in [0.5, 0.6) is 0 Å². The number of halogens is 4. The molecule has 0 spiro atoms. The van der Waals surface area contributed by atoms with Gasteiger partial charge < -0.3 is 0 Å². The third-order valence-electron chi connectivity index (χ3n) is 22.7. The van der Waals surface area contributed by atoms with Crippen molar-refractivity contribution in [2.75, 3.05) is 0 Å². The molecule has 0 bridgehead atoms. The Bertz CT molecular complexity index is 2590. The van der Waals surface area contributed by atoms with Gasteiger partial charge in [-0.05, 0) is 0 Å². The van der Waals surface area contributed by atoms with E-state index >= 15 is 8.78 Å². The zero-order valence-corrected chi connectivity index (χ0v) is 67.3. The van der Waals surface area contributed by atoms with Gasteiger partial charge in [0.25, 0.3) is 0 Å². The van der Waals surface area contributed by atoms with Crippen molar-refractivity contribution < 1.29 is 8.78 Å². The second-order valence-electron chi connectivity index (χ2n) is 30.2. The predicted molar refractivity (Wildman–Crippen MR) is 414 cm³/mol. The predicted octanol–water partition coefficient (Wildman–Crippen LogP) is 29.5. The first-order chi connectivity index (χ1) is 46.3. The van der Waals surface area contributed by atoms with E-state index < -0.39 is 10.8 Å². The van der Waals surface area contributed by atoms with Crippen molar-refractivity contribution in [1.82, 2.24) is 15.9 Å². The van der Waals surface area contributed by atoms with Crippen LogP contribution in [0.25, 0.3) is 44.3 Å². The maximum atomic E-state index is 20.0. The average Bonchev–Trinajstić information content (AvgIpc) is 1.50. The van der Waals surface area contributed by atoms with E-state index in [1.54, 1.807) is 0 Å². The summed E-state index contributed by atoms with van der Waals surface area (Å²) in [4.78, 5) is 0. The average molecular weight is 1560 g/mol. The summed E-state index contributed by atoms with van der Waals surface area (Å²) in [7, 11) is 0. The second-order valence-corrected chi connectivity index (χ2v) is 34.1. The van der Waals surface area contributed by atoms with E-state index in [9.17, 15) is 0 Å². The molecule has 2 aliphatic carbocycles. The van der Waals surface area contributed by atoms with Gasteiger partial charge >= 0.3 is 376 Å². The van der Waals surface area contributed by atoms with Crippen molar-refractivity contribution in [3.8, 4) is 22.3 Å². The van der Waals surface area contributed by atoms with E-state index in [2.05, 4.69) is 71.7 Å². The molecule has 0 radical (unpaired) electrons. The van der Waals surface area contributed by atoms with E-state index in [4.69, 9.17) is 15.9 Å². The molecule has 10 heteroatoms. The Morgan fingerprint density at radius 3 is 0.649 bits per heavy atom. The molecule has 0 saturated carbocycles. The summed E-state index contributed by atoms with van der Waals surface area (Å²) >= 11 is 7.41. The number of hydrogen-bond acceptors (Lipinski definition) is 4. The summed E-state index contributed by atoms with van der Waals surface area (Å²) in [5, 5.41) is 0. The van der Waals surface area contributed by atoms with Crippen molar-refractivity contribution in [3.05, 3.63) is 55.0 Å². The normalized spacial score (nSPS) is 13.7. The monoisotopic (exact) mass is 1550 g/mol. The molecule has 0 aliphatic heterocycles. The second kappa shape index (κ2) is 47.0. The molecule has 0 N–H and O–H groups in total. The standard InChI is InChI=1S/C84H134Br2F2N4Se2/c1-5-9-13-17-21-25-29-33-37-41-45-49-53-57-61-83(62-58-54-50-46-42-38-34-30-26-22-18-14-10-6-2)67-65-69(85)79-81(91-93-89-79)71(67)73-75(83)77(87)74-72-68(66-70(86)80-82(72)92-94-90-80)84(76(74)78(73)88,63-59-55-51-47-43-39-35-31-27-23-19-15-11-7-3)64-60-56-52-48-44-40-36-32-28-24-20-16-12-8-4/h65-66H,5-64H2,1-4H3. The van der Waals surface area contributed by atoms with E-state index in [0.717, 1.165) is 130 Å². The zero-order valence-electron chi connectivity index (χ0n) is 60.7. The Hall–Kier alpha value is -1.28. The van der Waals surface area contributed by atoms with Crippen molar-refractivity contribution in [1.29, 1.82) is 0 Å². The number of aromatic nitrogens is 4. The minimum atomic E-state index is -0.694. The van der Waals surface area contributed by atoms with Gasteiger partial charge in [0, 0.05) is 0 Å². The number of nitrogens with zero attached hydrogens (tertiary/aromatic N) is 4. The first kappa shape index (κ1) is 80.0. The van der Waals surface area contributed by atoms with Crippen LogP contribution in [0.3, 0.4) is 0 Å². The number of unbranched alkanes of at least 4 members (excludes halogenated alkanes) is 52. The van der Waals surface area contributed by atoms with Gasteiger partial charge in [-0.2, -0.15) is 0 Å². The Labute approximate surface area is 604 Å². The third kappa shape index (κ3) is 23.9. The van der Waals surface area contributed by atoms with Crippen LogP contribution in [0.2, 0.25) is 0 Å².